The molecule has 90 valence electrons. The van der Waals surface area contributed by atoms with Crippen molar-refractivity contribution in [2.24, 2.45) is 5.41 Å². The number of hydrogen-bond donors (Lipinski definition) is 1. The summed E-state index contributed by atoms with van der Waals surface area (Å²) in [6.45, 7) is 11.6. The van der Waals surface area contributed by atoms with Crippen LogP contribution in [0.4, 0.5) is 0 Å². The van der Waals surface area contributed by atoms with Gasteiger partial charge in [0.05, 0.1) is 0 Å². The fraction of sp³-hybridized carbons (Fsp3) is 1.00. The van der Waals surface area contributed by atoms with Crippen molar-refractivity contribution in [3.8, 4) is 0 Å². The van der Waals surface area contributed by atoms with Crippen LogP contribution in [0.2, 0.25) is 0 Å². The number of rotatable bonds is 7. The van der Waals surface area contributed by atoms with E-state index in [0.29, 0.717) is 11.5 Å². The van der Waals surface area contributed by atoms with E-state index in [1.54, 1.807) is 0 Å². The molecular formula is C13H28N2. The molecule has 0 aromatic rings. The third kappa shape index (κ3) is 4.12. The predicted octanol–water partition coefficient (Wildman–Crippen LogP) is 2.49. The van der Waals surface area contributed by atoms with Crippen molar-refractivity contribution in [2.75, 3.05) is 20.1 Å². The minimum atomic E-state index is 0.368. The van der Waals surface area contributed by atoms with Gasteiger partial charge < -0.3 is 10.2 Å². The van der Waals surface area contributed by atoms with Gasteiger partial charge in [-0.1, -0.05) is 20.8 Å². The van der Waals surface area contributed by atoms with Gasteiger partial charge in [0.25, 0.3) is 0 Å². The van der Waals surface area contributed by atoms with Crippen LogP contribution in [-0.4, -0.2) is 37.1 Å². The van der Waals surface area contributed by atoms with Gasteiger partial charge in [-0.25, -0.2) is 0 Å². The van der Waals surface area contributed by atoms with E-state index in [0.717, 1.165) is 12.6 Å². The van der Waals surface area contributed by atoms with Gasteiger partial charge in [0, 0.05) is 18.6 Å². The van der Waals surface area contributed by atoms with Crippen molar-refractivity contribution in [2.45, 2.75) is 59.0 Å². The molecule has 1 aliphatic carbocycles. The maximum absolute atomic E-state index is 3.61. The molecule has 0 heterocycles. The highest BCUT2D eigenvalue weighted by atomic mass is 15.2. The van der Waals surface area contributed by atoms with E-state index in [2.05, 4.69) is 45.0 Å². The predicted molar refractivity (Wildman–Crippen MR) is 67.2 cm³/mol. The lowest BCUT2D eigenvalue weighted by Crippen LogP contribution is -2.46. The van der Waals surface area contributed by atoms with E-state index in [1.165, 1.54) is 25.8 Å². The van der Waals surface area contributed by atoms with E-state index in [4.69, 9.17) is 0 Å². The smallest absolute Gasteiger partial charge is 0.0102 e. The summed E-state index contributed by atoms with van der Waals surface area (Å²) in [6.07, 6.45) is 4.03. The molecule has 1 saturated carbocycles. The molecule has 1 N–H and O–H groups in total. The van der Waals surface area contributed by atoms with E-state index >= 15 is 0 Å². The number of nitrogens with one attached hydrogen (secondary N) is 1. The number of nitrogens with zero attached hydrogens (tertiary/aromatic N) is 1. The molecule has 1 unspecified atom stereocenters. The van der Waals surface area contributed by atoms with Gasteiger partial charge in [-0.15, -0.1) is 0 Å². The van der Waals surface area contributed by atoms with E-state index in [9.17, 15) is 0 Å². The third-order valence-corrected chi connectivity index (χ3v) is 3.70. The first kappa shape index (κ1) is 13.0. The maximum Gasteiger partial charge on any atom is 0.0102 e. The van der Waals surface area contributed by atoms with Crippen LogP contribution in [-0.2, 0) is 0 Å². The second-order valence-corrected chi connectivity index (χ2v) is 5.81. The average molecular weight is 212 g/mol. The van der Waals surface area contributed by atoms with Gasteiger partial charge in [-0.3, -0.25) is 0 Å². The van der Waals surface area contributed by atoms with Crippen molar-refractivity contribution in [3.63, 3.8) is 0 Å². The standard InChI is InChI=1S/C13H28N2/c1-6-9-14-11(2)13(3,4)10-15(5)12-7-8-12/h11-12,14H,6-10H2,1-5H3. The summed E-state index contributed by atoms with van der Waals surface area (Å²) in [5, 5.41) is 3.61. The van der Waals surface area contributed by atoms with Gasteiger partial charge in [-0.2, -0.15) is 0 Å². The van der Waals surface area contributed by atoms with Gasteiger partial charge >= 0.3 is 0 Å². The fourth-order valence-electron chi connectivity index (χ4n) is 2.06. The molecule has 0 saturated heterocycles. The summed E-state index contributed by atoms with van der Waals surface area (Å²) in [5.74, 6) is 0. The zero-order valence-electron chi connectivity index (χ0n) is 11.1. The van der Waals surface area contributed by atoms with Crippen molar-refractivity contribution >= 4 is 0 Å². The van der Waals surface area contributed by atoms with Gasteiger partial charge in [0.2, 0.25) is 0 Å². The highest BCUT2D eigenvalue weighted by Crippen LogP contribution is 2.30. The summed E-state index contributed by atoms with van der Waals surface area (Å²) in [7, 11) is 2.27. The van der Waals surface area contributed by atoms with Crippen LogP contribution in [0.1, 0.15) is 47.0 Å². The summed E-state index contributed by atoms with van der Waals surface area (Å²) >= 11 is 0. The van der Waals surface area contributed by atoms with Gasteiger partial charge in [-0.05, 0) is 45.2 Å². The molecule has 0 bridgehead atoms. The molecule has 0 spiro atoms. The van der Waals surface area contributed by atoms with Crippen LogP contribution >= 0.6 is 0 Å². The lowest BCUT2D eigenvalue weighted by atomic mass is 9.84. The van der Waals surface area contributed by atoms with Crippen molar-refractivity contribution < 1.29 is 0 Å². The Kier molecular flexibility index (Phi) is 4.60. The SMILES string of the molecule is CCCNC(C)C(C)(C)CN(C)C1CC1. The molecule has 0 amide bonds. The topological polar surface area (TPSA) is 15.3 Å². The molecule has 1 aliphatic rings. The highest BCUT2D eigenvalue weighted by Gasteiger charge is 2.33. The molecular weight excluding hydrogens is 184 g/mol. The molecule has 1 fully saturated rings. The first-order valence-electron chi connectivity index (χ1n) is 6.41. The Hall–Kier alpha value is -0.0800. The van der Waals surface area contributed by atoms with Crippen LogP contribution in [0.15, 0.2) is 0 Å². The molecule has 1 atom stereocenters. The van der Waals surface area contributed by atoms with Gasteiger partial charge in [0.1, 0.15) is 0 Å². The van der Waals surface area contributed by atoms with E-state index < -0.39 is 0 Å². The van der Waals surface area contributed by atoms with E-state index in [1.807, 2.05) is 0 Å². The lowest BCUT2D eigenvalue weighted by molar-refractivity contribution is 0.159. The Labute approximate surface area is 95.4 Å². The minimum Gasteiger partial charge on any atom is -0.314 e. The molecule has 0 aromatic heterocycles. The van der Waals surface area contributed by atoms with Crippen LogP contribution < -0.4 is 5.32 Å². The third-order valence-electron chi connectivity index (χ3n) is 3.70. The second-order valence-electron chi connectivity index (χ2n) is 5.81. The molecule has 15 heavy (non-hydrogen) atoms. The van der Waals surface area contributed by atoms with E-state index in [-0.39, 0.29) is 0 Å². The van der Waals surface area contributed by atoms with Crippen LogP contribution in [0.25, 0.3) is 0 Å². The van der Waals surface area contributed by atoms with Gasteiger partial charge in [0.15, 0.2) is 0 Å². The number of hydrogen-bond acceptors (Lipinski definition) is 2. The quantitative estimate of drug-likeness (QED) is 0.697. The van der Waals surface area contributed by atoms with Crippen molar-refractivity contribution in [1.29, 1.82) is 0 Å². The van der Waals surface area contributed by atoms with Crippen LogP contribution in [0, 0.1) is 5.41 Å². The molecule has 0 aromatic carbocycles. The van der Waals surface area contributed by atoms with Crippen LogP contribution in [0.5, 0.6) is 0 Å². The maximum atomic E-state index is 3.61. The average Bonchev–Trinajstić information content (AvgIpc) is 2.96. The monoisotopic (exact) mass is 212 g/mol. The Morgan fingerprint density at radius 2 is 2.00 bits per heavy atom. The largest absolute Gasteiger partial charge is 0.314 e. The zero-order chi connectivity index (χ0) is 11.5. The molecule has 0 aliphatic heterocycles. The molecule has 2 nitrogen and oxygen atoms in total. The second kappa shape index (κ2) is 5.31. The Balaban J connectivity index is 2.34. The first-order chi connectivity index (χ1) is 6.97. The van der Waals surface area contributed by atoms with Crippen molar-refractivity contribution in [3.05, 3.63) is 0 Å². The molecule has 1 rings (SSSR count). The summed E-state index contributed by atoms with van der Waals surface area (Å²) < 4.78 is 0. The Bertz CT molecular complexity index is 185. The highest BCUT2D eigenvalue weighted by molar-refractivity contribution is 4.89. The van der Waals surface area contributed by atoms with Crippen LogP contribution in [0.3, 0.4) is 0 Å². The lowest BCUT2D eigenvalue weighted by Gasteiger charge is -2.36. The first-order valence-corrected chi connectivity index (χ1v) is 6.41. The summed E-state index contributed by atoms with van der Waals surface area (Å²) in [4.78, 5) is 2.53. The normalized spacial score (nSPS) is 19.6. The summed E-state index contributed by atoms with van der Waals surface area (Å²) in [6, 6.07) is 1.47. The minimum absolute atomic E-state index is 0.368. The molecule has 2 heteroatoms. The Morgan fingerprint density at radius 1 is 1.40 bits per heavy atom. The summed E-state index contributed by atoms with van der Waals surface area (Å²) in [5.41, 5.74) is 0.368. The Morgan fingerprint density at radius 3 is 2.47 bits per heavy atom. The molecule has 0 radical (unpaired) electrons. The fourth-order valence-corrected chi connectivity index (χ4v) is 2.06. The van der Waals surface area contributed by atoms with Crippen molar-refractivity contribution in [1.82, 2.24) is 10.2 Å². The zero-order valence-corrected chi connectivity index (χ0v) is 11.1.